The molecule has 0 aliphatic carbocycles. The molecule has 1 fully saturated rings. The predicted octanol–water partition coefficient (Wildman–Crippen LogP) is 5.99. The number of fused-ring (bicyclic) bond motifs is 1. The number of amides is 1. The minimum atomic E-state index is -0.198. The topological polar surface area (TPSA) is 51.7 Å². The van der Waals surface area contributed by atoms with E-state index in [1.165, 1.54) is 11.1 Å². The fraction of sp³-hybridized carbons (Fsp3) is 0.385. The molecule has 2 heterocycles. The first-order valence-electron chi connectivity index (χ1n) is 11.2. The minimum absolute atomic E-state index is 0.122. The first kappa shape index (κ1) is 21.2. The Bertz CT molecular complexity index is 1020. The van der Waals surface area contributed by atoms with Crippen LogP contribution in [-0.2, 0) is 4.74 Å². The van der Waals surface area contributed by atoms with Gasteiger partial charge >= 0.3 is 6.09 Å². The number of hydrogen-bond acceptors (Lipinski definition) is 4. The number of piperidine rings is 1. The summed E-state index contributed by atoms with van der Waals surface area (Å²) in [7, 11) is 0. The Morgan fingerprint density at radius 3 is 2.61 bits per heavy atom. The van der Waals surface area contributed by atoms with E-state index in [0.717, 1.165) is 47.9 Å². The van der Waals surface area contributed by atoms with Gasteiger partial charge in [0.05, 0.1) is 12.1 Å². The van der Waals surface area contributed by atoms with Crippen LogP contribution in [0.5, 0.6) is 5.75 Å². The molecular weight excluding hydrogens is 388 g/mol. The van der Waals surface area contributed by atoms with Crippen LogP contribution in [-0.4, -0.2) is 41.8 Å². The average Bonchev–Trinajstić information content (AvgIpc) is 2.81. The molecule has 5 heteroatoms. The highest BCUT2D eigenvalue weighted by Gasteiger charge is 2.24. The predicted molar refractivity (Wildman–Crippen MR) is 123 cm³/mol. The van der Waals surface area contributed by atoms with E-state index in [1.54, 1.807) is 4.90 Å². The molecule has 0 N–H and O–H groups in total. The Hall–Kier alpha value is -3.08. The number of pyridine rings is 1. The molecule has 4 rings (SSSR count). The van der Waals surface area contributed by atoms with Gasteiger partial charge < -0.3 is 14.4 Å². The van der Waals surface area contributed by atoms with Crippen LogP contribution in [0.3, 0.4) is 0 Å². The fourth-order valence-electron chi connectivity index (χ4n) is 4.06. The van der Waals surface area contributed by atoms with Crippen molar-refractivity contribution in [3.05, 3.63) is 60.3 Å². The van der Waals surface area contributed by atoms with Crippen molar-refractivity contribution in [3.63, 3.8) is 0 Å². The van der Waals surface area contributed by atoms with Gasteiger partial charge in [0.2, 0.25) is 0 Å². The van der Waals surface area contributed by atoms with E-state index in [1.807, 2.05) is 24.4 Å². The van der Waals surface area contributed by atoms with Crippen molar-refractivity contribution in [1.82, 2.24) is 9.88 Å². The Kier molecular flexibility index (Phi) is 6.70. The zero-order valence-electron chi connectivity index (χ0n) is 18.3. The normalized spacial score (nSPS) is 14.6. The van der Waals surface area contributed by atoms with E-state index in [2.05, 4.69) is 49.2 Å². The molecule has 2 aromatic carbocycles. The summed E-state index contributed by atoms with van der Waals surface area (Å²) in [6, 6.07) is 16.6. The second-order valence-electron chi connectivity index (χ2n) is 8.11. The quantitative estimate of drug-likeness (QED) is 0.461. The molecule has 1 aromatic heterocycles. The lowest BCUT2D eigenvalue weighted by molar-refractivity contribution is 0.0670. The number of hydrogen-bond donors (Lipinski definition) is 0. The lowest BCUT2D eigenvalue weighted by atomic mass is 9.98. The number of benzene rings is 2. The van der Waals surface area contributed by atoms with Gasteiger partial charge in [0.15, 0.2) is 0 Å². The van der Waals surface area contributed by atoms with E-state index < -0.39 is 0 Å². The van der Waals surface area contributed by atoms with Crippen molar-refractivity contribution in [2.45, 2.75) is 45.6 Å². The summed E-state index contributed by atoms with van der Waals surface area (Å²) in [4.78, 5) is 18.4. The smallest absolute Gasteiger partial charge is 0.409 e. The number of carbonyl (C=O) groups is 1. The molecule has 1 aliphatic rings. The van der Waals surface area contributed by atoms with Gasteiger partial charge in [0.25, 0.3) is 0 Å². The molecule has 1 amide bonds. The molecule has 0 unspecified atom stereocenters. The zero-order valence-corrected chi connectivity index (χ0v) is 18.3. The van der Waals surface area contributed by atoms with E-state index in [4.69, 9.17) is 9.47 Å². The Balaban J connectivity index is 1.35. The molecule has 1 aliphatic heterocycles. The van der Waals surface area contributed by atoms with E-state index in [-0.39, 0.29) is 12.2 Å². The largest absolute Gasteiger partial charge is 0.490 e. The third-order valence-electron chi connectivity index (χ3n) is 5.92. The number of unbranched alkanes of at least 4 members (excludes halogenated alkanes) is 1. The fourth-order valence-corrected chi connectivity index (χ4v) is 4.06. The Labute approximate surface area is 184 Å². The SMILES string of the molecule is CCCCOC(=O)N1CCC(Oc2ccc(-c3ccc4cccnc4c3C)cc2)CC1. The maximum Gasteiger partial charge on any atom is 0.409 e. The molecule has 0 spiro atoms. The second kappa shape index (κ2) is 9.82. The molecule has 0 saturated carbocycles. The summed E-state index contributed by atoms with van der Waals surface area (Å²) in [5.41, 5.74) is 4.57. The van der Waals surface area contributed by atoms with Gasteiger partial charge in [0, 0.05) is 37.5 Å². The van der Waals surface area contributed by atoms with Crippen molar-refractivity contribution < 1.29 is 14.3 Å². The number of aromatic nitrogens is 1. The lowest BCUT2D eigenvalue weighted by Gasteiger charge is -2.31. The molecule has 162 valence electrons. The van der Waals surface area contributed by atoms with Crippen LogP contribution in [0.1, 0.15) is 38.2 Å². The summed E-state index contributed by atoms with van der Waals surface area (Å²) in [5, 5.41) is 1.16. The van der Waals surface area contributed by atoms with Gasteiger partial charge in [-0.25, -0.2) is 4.79 Å². The van der Waals surface area contributed by atoms with Crippen molar-refractivity contribution in [3.8, 4) is 16.9 Å². The van der Waals surface area contributed by atoms with Crippen molar-refractivity contribution in [2.24, 2.45) is 0 Å². The Morgan fingerprint density at radius 1 is 1.10 bits per heavy atom. The van der Waals surface area contributed by atoms with Gasteiger partial charge in [0.1, 0.15) is 11.9 Å². The highest BCUT2D eigenvalue weighted by Crippen LogP contribution is 2.30. The summed E-state index contributed by atoms with van der Waals surface area (Å²) >= 11 is 0. The monoisotopic (exact) mass is 418 g/mol. The summed E-state index contributed by atoms with van der Waals surface area (Å²) in [6.45, 7) is 6.07. The number of likely N-dealkylation sites (tertiary alicyclic amines) is 1. The van der Waals surface area contributed by atoms with E-state index in [0.29, 0.717) is 19.7 Å². The molecule has 5 nitrogen and oxygen atoms in total. The highest BCUT2D eigenvalue weighted by molar-refractivity contribution is 5.88. The number of ether oxygens (including phenoxy) is 2. The molecule has 0 atom stereocenters. The summed E-state index contributed by atoms with van der Waals surface area (Å²) in [5.74, 6) is 0.865. The minimum Gasteiger partial charge on any atom is -0.490 e. The van der Waals surface area contributed by atoms with Gasteiger partial charge in [-0.1, -0.05) is 43.7 Å². The average molecular weight is 419 g/mol. The van der Waals surface area contributed by atoms with Gasteiger partial charge in [-0.2, -0.15) is 0 Å². The van der Waals surface area contributed by atoms with Crippen LogP contribution in [0.25, 0.3) is 22.0 Å². The zero-order chi connectivity index (χ0) is 21.6. The highest BCUT2D eigenvalue weighted by atomic mass is 16.6. The molecule has 3 aromatic rings. The standard InChI is InChI=1S/C26H30N2O3/c1-3-4-18-30-26(29)28-16-13-23(14-17-28)31-22-10-7-20(8-11-22)24-12-9-21-6-5-15-27-25(21)19(24)2/h5-12,15,23H,3-4,13-14,16-18H2,1-2H3. The van der Waals surface area contributed by atoms with Crippen molar-refractivity contribution >= 4 is 17.0 Å². The first-order chi connectivity index (χ1) is 15.2. The van der Waals surface area contributed by atoms with E-state index in [9.17, 15) is 4.79 Å². The third kappa shape index (κ3) is 4.98. The maximum absolute atomic E-state index is 12.1. The van der Waals surface area contributed by atoms with Crippen LogP contribution < -0.4 is 4.74 Å². The first-order valence-corrected chi connectivity index (χ1v) is 11.2. The van der Waals surface area contributed by atoms with Crippen LogP contribution in [0, 0.1) is 6.92 Å². The van der Waals surface area contributed by atoms with Crippen LogP contribution in [0.15, 0.2) is 54.7 Å². The van der Waals surface area contributed by atoms with Gasteiger partial charge in [-0.05, 0) is 48.2 Å². The third-order valence-corrected chi connectivity index (χ3v) is 5.92. The number of nitrogens with zero attached hydrogens (tertiary/aromatic N) is 2. The molecule has 0 bridgehead atoms. The van der Waals surface area contributed by atoms with Gasteiger partial charge in [-0.15, -0.1) is 0 Å². The molecule has 1 saturated heterocycles. The van der Waals surface area contributed by atoms with Crippen LogP contribution in [0.2, 0.25) is 0 Å². The van der Waals surface area contributed by atoms with E-state index >= 15 is 0 Å². The Morgan fingerprint density at radius 2 is 1.87 bits per heavy atom. The second-order valence-corrected chi connectivity index (χ2v) is 8.11. The molecular formula is C26H30N2O3. The van der Waals surface area contributed by atoms with Crippen molar-refractivity contribution in [1.29, 1.82) is 0 Å². The lowest BCUT2D eigenvalue weighted by Crippen LogP contribution is -2.42. The van der Waals surface area contributed by atoms with Gasteiger partial charge in [-0.3, -0.25) is 4.98 Å². The van der Waals surface area contributed by atoms with Crippen LogP contribution in [0.4, 0.5) is 4.79 Å². The van der Waals surface area contributed by atoms with Crippen LogP contribution >= 0.6 is 0 Å². The van der Waals surface area contributed by atoms with Crippen molar-refractivity contribution in [2.75, 3.05) is 19.7 Å². The maximum atomic E-state index is 12.1. The number of rotatable bonds is 6. The molecule has 0 radical (unpaired) electrons. The summed E-state index contributed by atoms with van der Waals surface area (Å²) in [6.07, 6.45) is 5.34. The number of aryl methyl sites for hydroxylation is 1. The molecule has 31 heavy (non-hydrogen) atoms. The summed E-state index contributed by atoms with van der Waals surface area (Å²) < 4.78 is 11.5. The number of carbonyl (C=O) groups excluding carboxylic acids is 1.